The van der Waals surface area contributed by atoms with Crippen molar-refractivity contribution in [3.63, 3.8) is 0 Å². The van der Waals surface area contributed by atoms with Gasteiger partial charge >= 0.3 is 24.5 Å². The van der Waals surface area contributed by atoms with Gasteiger partial charge in [-0.2, -0.15) is 26.3 Å². The van der Waals surface area contributed by atoms with Crippen molar-refractivity contribution in [2.75, 3.05) is 65.1 Å². The number of ether oxygens (including phenoxy) is 3. The summed E-state index contributed by atoms with van der Waals surface area (Å²) in [5.74, 6) is 2.46. The number of halogens is 8. The molecule has 2 aliphatic heterocycles. The average Bonchev–Trinajstić information content (AvgIpc) is 3.36. The number of piperazine rings is 1. The van der Waals surface area contributed by atoms with Gasteiger partial charge in [0.2, 0.25) is 17.8 Å². The SMILES string of the molecule is COC(=O)N[C@H](C(=O)N[C@@H](Cc1ccc(C#Cc2cnc(N3CCN(C4COC4)CC3)nc2)cc1)[C@@H](O)CNCc1c(F)cc(-c2ncccn2)cc1F)C(C)(C)C(F)(F)F.COC(=O)N[C@H](C(N)=O)C(C)(C)C(F)(F)F. The molecule has 2 aromatic carbocycles. The van der Waals surface area contributed by atoms with Gasteiger partial charge in [-0.05, 0) is 70.0 Å². The Balaban J connectivity index is 0.000000590. The second-order valence-corrected chi connectivity index (χ2v) is 18.9. The van der Waals surface area contributed by atoms with E-state index in [0.717, 1.165) is 93.4 Å². The van der Waals surface area contributed by atoms with Gasteiger partial charge in [0.15, 0.2) is 5.82 Å². The first-order chi connectivity index (χ1) is 36.2. The molecule has 0 spiro atoms. The van der Waals surface area contributed by atoms with Gasteiger partial charge in [-0.1, -0.05) is 24.0 Å². The maximum absolute atomic E-state index is 15.1. The number of alkyl carbamates (subject to hydrolysis) is 2. The number of nitrogens with one attached hydrogen (secondary N) is 4. The van der Waals surface area contributed by atoms with E-state index in [0.29, 0.717) is 28.7 Å². The Hall–Kier alpha value is -7.28. The summed E-state index contributed by atoms with van der Waals surface area (Å²) in [5, 5.41) is 20.3. The maximum Gasteiger partial charge on any atom is 0.407 e. The summed E-state index contributed by atoms with van der Waals surface area (Å²) in [4.78, 5) is 68.9. The van der Waals surface area contributed by atoms with Gasteiger partial charge in [-0.15, -0.1) is 0 Å². The van der Waals surface area contributed by atoms with Gasteiger partial charge in [-0.25, -0.2) is 38.3 Å². The molecule has 77 heavy (non-hydrogen) atoms. The van der Waals surface area contributed by atoms with E-state index in [1.807, 2.05) is 5.32 Å². The molecule has 0 aliphatic carbocycles. The number of primary amides is 1. The zero-order valence-electron chi connectivity index (χ0n) is 42.7. The molecule has 4 amide bonds. The van der Waals surface area contributed by atoms with E-state index in [1.54, 1.807) is 48.0 Å². The summed E-state index contributed by atoms with van der Waals surface area (Å²) in [6.45, 7) is 7.24. The standard InChI is InChI=1S/C42H46F5N9O5.C8H13F3N2O3/c1-41(2,42(45,46)47)36(54-40(59)60-3)38(58)53-34(35(57)23-48-22-31-32(43)18-29(19-33(31)44)37-49-11-4-12-50-37)17-27-8-5-26(6-9-27)7-10-28-20-51-39(52-21-28)56-15-13-55(14-16-56)30-24-61-25-30;1-7(2,8(9,10)11)4(5(12)14)13-6(15)16-3/h4-6,8-9,11-12,18-21,30,34-36,48,57H,13-17,22-25H2,1-3H3,(H,53,58)(H,54,59);4H,1-3H3,(H2,12,14)(H,13,15)/t34-,35-,36+;4-/m01/s1. The smallest absolute Gasteiger partial charge is 0.407 e. The van der Waals surface area contributed by atoms with Gasteiger partial charge in [-0.3, -0.25) is 14.5 Å². The van der Waals surface area contributed by atoms with Crippen molar-refractivity contribution in [1.82, 2.24) is 46.1 Å². The van der Waals surface area contributed by atoms with Crippen molar-refractivity contribution in [2.45, 2.75) is 83.3 Å². The molecule has 27 heteroatoms. The molecule has 2 fully saturated rings. The van der Waals surface area contributed by atoms with E-state index in [1.165, 1.54) is 12.4 Å². The van der Waals surface area contributed by atoms with E-state index in [4.69, 9.17) is 10.5 Å². The number of carbonyl (C=O) groups excluding carboxylic acids is 4. The highest BCUT2D eigenvalue weighted by Gasteiger charge is 2.56. The highest BCUT2D eigenvalue weighted by molar-refractivity contribution is 5.87. The molecule has 19 nitrogen and oxygen atoms in total. The molecule has 0 unspecified atom stereocenters. The van der Waals surface area contributed by atoms with Crippen molar-refractivity contribution >= 4 is 29.9 Å². The number of benzene rings is 2. The van der Waals surface area contributed by atoms with E-state index in [2.05, 4.69) is 61.7 Å². The van der Waals surface area contributed by atoms with Crippen molar-refractivity contribution < 1.29 is 73.6 Å². The van der Waals surface area contributed by atoms with Crippen molar-refractivity contribution in [3.8, 4) is 23.2 Å². The van der Waals surface area contributed by atoms with Gasteiger partial charge in [0.1, 0.15) is 23.7 Å². The first-order valence-electron chi connectivity index (χ1n) is 23.7. The predicted molar refractivity (Wildman–Crippen MR) is 261 cm³/mol. The fourth-order valence-corrected chi connectivity index (χ4v) is 7.64. The third kappa shape index (κ3) is 16.1. The van der Waals surface area contributed by atoms with Crippen molar-refractivity contribution in [3.05, 3.63) is 101 Å². The van der Waals surface area contributed by atoms with Gasteiger partial charge < -0.3 is 51.2 Å². The monoisotopic (exact) mass is 1090 g/mol. The van der Waals surface area contributed by atoms with E-state index >= 15 is 8.78 Å². The van der Waals surface area contributed by atoms with Crippen LogP contribution in [0.4, 0.5) is 50.7 Å². The first kappa shape index (κ1) is 60.6. The lowest BCUT2D eigenvalue weighted by Crippen LogP contribution is -2.62. The topological polar surface area (TPSA) is 248 Å². The van der Waals surface area contributed by atoms with E-state index in [9.17, 15) is 50.6 Å². The van der Waals surface area contributed by atoms with Crippen molar-refractivity contribution in [1.29, 1.82) is 0 Å². The number of aromatic nitrogens is 4. The zero-order valence-corrected chi connectivity index (χ0v) is 42.7. The number of nitrogens with two attached hydrogens (primary N) is 1. The minimum absolute atomic E-state index is 0.105. The molecule has 0 bridgehead atoms. The van der Waals surface area contributed by atoms with Crippen LogP contribution in [0, 0.1) is 34.3 Å². The molecule has 7 N–H and O–H groups in total. The van der Waals surface area contributed by atoms with Gasteiger partial charge in [0.05, 0.1) is 62.0 Å². The summed E-state index contributed by atoms with van der Waals surface area (Å²) in [7, 11) is 1.90. The molecule has 2 aliphatic rings. The molecule has 4 atom stereocenters. The minimum Gasteiger partial charge on any atom is -0.453 e. The number of alkyl halides is 6. The number of hydrogen-bond acceptors (Lipinski definition) is 15. The molecule has 0 saturated carbocycles. The third-order valence-corrected chi connectivity index (χ3v) is 12.9. The number of methoxy groups -OCH3 is 2. The van der Waals surface area contributed by atoms with Crippen LogP contribution in [-0.2, 0) is 36.8 Å². The van der Waals surface area contributed by atoms with Crippen LogP contribution in [-0.4, -0.2) is 157 Å². The number of carbonyl (C=O) groups is 4. The van der Waals surface area contributed by atoms with Crippen LogP contribution >= 0.6 is 0 Å². The Morgan fingerprint density at radius 1 is 0.779 bits per heavy atom. The predicted octanol–water partition coefficient (Wildman–Crippen LogP) is 4.41. The molecular weight excluding hydrogens is 1030 g/mol. The number of amides is 4. The maximum atomic E-state index is 15.1. The highest BCUT2D eigenvalue weighted by atomic mass is 19.4. The molecule has 2 saturated heterocycles. The molecule has 418 valence electrons. The lowest BCUT2D eigenvalue weighted by atomic mass is 9.82. The number of nitrogens with zero attached hydrogens (tertiary/aromatic N) is 6. The minimum atomic E-state index is -4.95. The molecule has 0 radical (unpaired) electrons. The fraction of sp³-hybridized carbons (Fsp3) is 0.480. The van der Waals surface area contributed by atoms with Gasteiger partial charge in [0, 0.05) is 80.7 Å². The average molecular weight is 1090 g/mol. The van der Waals surface area contributed by atoms with Gasteiger partial charge in [0.25, 0.3) is 0 Å². The Kier molecular flexibility index (Phi) is 20.6. The highest BCUT2D eigenvalue weighted by Crippen LogP contribution is 2.41. The molecular formula is C50H59F8N11O8. The number of aliphatic hydroxyl groups is 1. The van der Waals surface area contributed by atoms with Crippen LogP contribution in [0.15, 0.2) is 67.3 Å². The normalized spacial score (nSPS) is 15.9. The Morgan fingerprint density at radius 3 is 1.79 bits per heavy atom. The van der Waals surface area contributed by atoms with Crippen LogP contribution in [0.3, 0.4) is 0 Å². The summed E-state index contributed by atoms with van der Waals surface area (Å²) in [6.07, 6.45) is -7.53. The number of hydrogen-bond donors (Lipinski definition) is 6. The zero-order chi connectivity index (χ0) is 56.9. The summed E-state index contributed by atoms with van der Waals surface area (Å²) >= 11 is 0. The summed E-state index contributed by atoms with van der Waals surface area (Å²) < 4.78 is 124. The van der Waals surface area contributed by atoms with Crippen LogP contribution in [0.25, 0.3) is 11.4 Å². The van der Waals surface area contributed by atoms with Crippen LogP contribution in [0.5, 0.6) is 0 Å². The Bertz CT molecular complexity index is 2680. The number of aliphatic hydroxyl groups excluding tert-OH is 1. The first-order valence-corrected chi connectivity index (χ1v) is 23.7. The van der Waals surface area contributed by atoms with Crippen LogP contribution < -0.4 is 31.9 Å². The Morgan fingerprint density at radius 2 is 1.30 bits per heavy atom. The molecule has 4 aromatic rings. The summed E-state index contributed by atoms with van der Waals surface area (Å²) in [5.41, 5.74) is 1.06. The second kappa shape index (κ2) is 26.2. The number of anilines is 1. The second-order valence-electron chi connectivity index (χ2n) is 18.9. The van der Waals surface area contributed by atoms with Crippen molar-refractivity contribution in [2.24, 2.45) is 16.6 Å². The van der Waals surface area contributed by atoms with Crippen LogP contribution in [0.1, 0.15) is 49.9 Å². The molecule has 4 heterocycles. The van der Waals surface area contributed by atoms with Crippen LogP contribution in [0.2, 0.25) is 0 Å². The lowest BCUT2D eigenvalue weighted by Gasteiger charge is -2.42. The lowest BCUT2D eigenvalue weighted by molar-refractivity contribution is -0.220. The largest absolute Gasteiger partial charge is 0.453 e. The third-order valence-electron chi connectivity index (χ3n) is 12.9. The Labute approximate surface area is 438 Å². The number of rotatable bonds is 17. The molecule has 6 rings (SSSR count). The van der Waals surface area contributed by atoms with E-state index < -0.39 is 89.6 Å². The fourth-order valence-electron chi connectivity index (χ4n) is 7.64. The quantitative estimate of drug-likeness (QED) is 0.0634. The van der Waals surface area contributed by atoms with E-state index in [-0.39, 0.29) is 29.9 Å². The molecule has 2 aromatic heterocycles. The summed E-state index contributed by atoms with van der Waals surface area (Å²) in [6, 6.07) is 5.58.